The minimum absolute atomic E-state index is 1.02. The molecule has 0 radical (unpaired) electrons. The van der Waals surface area contributed by atoms with Crippen molar-refractivity contribution < 1.29 is 0 Å². The fourth-order valence-electron chi connectivity index (χ4n) is 2.12. The zero-order valence-electron chi connectivity index (χ0n) is 10.0. The first kappa shape index (κ1) is 10.1. The second kappa shape index (κ2) is 3.74. The summed E-state index contributed by atoms with van der Waals surface area (Å²) in [6.07, 6.45) is 4.05. The van der Waals surface area contributed by atoms with Crippen LogP contribution in [-0.2, 0) is 0 Å². The largest absolute Gasteiger partial charge is 0.300 e. The Morgan fingerprint density at radius 2 is 1.82 bits per heavy atom. The topological polar surface area (TPSA) is 17.3 Å². The summed E-state index contributed by atoms with van der Waals surface area (Å²) in [6.45, 7) is 4.22. The van der Waals surface area contributed by atoms with Crippen molar-refractivity contribution in [2.24, 2.45) is 0 Å². The predicted molar refractivity (Wildman–Crippen MR) is 70.1 cm³/mol. The van der Waals surface area contributed by atoms with Crippen molar-refractivity contribution in [1.82, 2.24) is 9.38 Å². The molecule has 2 aromatic heterocycles. The smallest absolute Gasteiger partial charge is 0.144 e. The average molecular weight is 222 g/mol. The van der Waals surface area contributed by atoms with E-state index >= 15 is 0 Å². The van der Waals surface area contributed by atoms with Crippen LogP contribution in [0.3, 0.4) is 0 Å². The lowest BCUT2D eigenvalue weighted by Crippen LogP contribution is -1.92. The lowest BCUT2D eigenvalue weighted by molar-refractivity contribution is 1.13. The van der Waals surface area contributed by atoms with Crippen LogP contribution in [0.2, 0.25) is 0 Å². The molecule has 84 valence electrons. The van der Waals surface area contributed by atoms with E-state index in [-0.39, 0.29) is 0 Å². The van der Waals surface area contributed by atoms with Crippen molar-refractivity contribution in [3.63, 3.8) is 0 Å². The summed E-state index contributed by atoms with van der Waals surface area (Å²) in [5.41, 5.74) is 4.82. The Morgan fingerprint density at radius 1 is 1.00 bits per heavy atom. The molecule has 0 aliphatic carbocycles. The predicted octanol–water partition coefficient (Wildman–Crippen LogP) is 3.62. The van der Waals surface area contributed by atoms with Crippen LogP contribution in [0.25, 0.3) is 16.9 Å². The van der Waals surface area contributed by atoms with E-state index < -0.39 is 0 Å². The third-order valence-electron chi connectivity index (χ3n) is 3.06. The highest BCUT2D eigenvalue weighted by molar-refractivity contribution is 5.65. The molecule has 0 saturated carbocycles. The van der Waals surface area contributed by atoms with Gasteiger partial charge in [-0.2, -0.15) is 0 Å². The number of hydrogen-bond donors (Lipinski definition) is 0. The number of aromatic nitrogens is 2. The highest BCUT2D eigenvalue weighted by Gasteiger charge is 2.07. The van der Waals surface area contributed by atoms with Gasteiger partial charge in [-0.1, -0.05) is 30.3 Å². The molecule has 0 aliphatic rings. The lowest BCUT2D eigenvalue weighted by Gasteiger charge is -2.05. The summed E-state index contributed by atoms with van der Waals surface area (Å²) in [6, 6.07) is 12.6. The van der Waals surface area contributed by atoms with Crippen molar-refractivity contribution in [2.45, 2.75) is 13.8 Å². The number of imidazole rings is 1. The molecule has 0 spiro atoms. The van der Waals surface area contributed by atoms with E-state index in [1.54, 1.807) is 0 Å². The number of pyridine rings is 1. The first-order valence-electron chi connectivity index (χ1n) is 5.75. The molecular weight excluding hydrogens is 208 g/mol. The maximum absolute atomic E-state index is 4.53. The molecule has 0 amide bonds. The standard InChI is InChI=1S/C15H14N2/c1-11-7-8-13-9-16-15(17(13)10-11)14-6-4-3-5-12(14)2/h3-10H,1-2H3. The molecule has 2 nitrogen and oxygen atoms in total. The second-order valence-corrected chi connectivity index (χ2v) is 4.40. The van der Waals surface area contributed by atoms with E-state index in [1.165, 1.54) is 16.7 Å². The van der Waals surface area contributed by atoms with Gasteiger partial charge in [-0.15, -0.1) is 0 Å². The van der Waals surface area contributed by atoms with Crippen molar-refractivity contribution >= 4 is 5.52 Å². The SMILES string of the molecule is Cc1ccc2cnc(-c3ccccc3C)n2c1. The monoisotopic (exact) mass is 222 g/mol. The van der Waals surface area contributed by atoms with E-state index in [2.05, 4.69) is 65.8 Å². The van der Waals surface area contributed by atoms with Crippen LogP contribution in [0.4, 0.5) is 0 Å². The number of benzene rings is 1. The van der Waals surface area contributed by atoms with Gasteiger partial charge in [0.25, 0.3) is 0 Å². The highest BCUT2D eigenvalue weighted by atomic mass is 15.0. The molecule has 2 heteroatoms. The van der Waals surface area contributed by atoms with Gasteiger partial charge in [0, 0.05) is 11.8 Å². The molecule has 0 atom stereocenters. The summed E-state index contributed by atoms with van der Waals surface area (Å²) < 4.78 is 2.15. The van der Waals surface area contributed by atoms with Crippen LogP contribution in [0.15, 0.2) is 48.8 Å². The van der Waals surface area contributed by atoms with Crippen LogP contribution in [0, 0.1) is 13.8 Å². The molecule has 3 aromatic rings. The zero-order valence-corrected chi connectivity index (χ0v) is 10.0. The zero-order chi connectivity index (χ0) is 11.8. The van der Waals surface area contributed by atoms with E-state index in [4.69, 9.17) is 0 Å². The van der Waals surface area contributed by atoms with Gasteiger partial charge >= 0.3 is 0 Å². The molecule has 0 bridgehead atoms. The van der Waals surface area contributed by atoms with Gasteiger partial charge in [0.1, 0.15) is 5.82 Å². The van der Waals surface area contributed by atoms with Gasteiger partial charge in [-0.05, 0) is 31.0 Å². The summed E-state index contributed by atoms with van der Waals surface area (Å²) in [5.74, 6) is 1.02. The first-order chi connectivity index (χ1) is 8.25. The van der Waals surface area contributed by atoms with Crippen molar-refractivity contribution in [1.29, 1.82) is 0 Å². The molecule has 0 aliphatic heterocycles. The van der Waals surface area contributed by atoms with Gasteiger partial charge < -0.3 is 0 Å². The quantitative estimate of drug-likeness (QED) is 0.614. The number of aryl methyl sites for hydroxylation is 2. The summed E-state index contributed by atoms with van der Waals surface area (Å²) >= 11 is 0. The molecule has 0 saturated heterocycles. The molecule has 0 unspecified atom stereocenters. The third kappa shape index (κ3) is 1.62. The third-order valence-corrected chi connectivity index (χ3v) is 3.06. The van der Waals surface area contributed by atoms with Crippen molar-refractivity contribution in [3.8, 4) is 11.4 Å². The van der Waals surface area contributed by atoms with E-state index in [0.29, 0.717) is 0 Å². The lowest BCUT2D eigenvalue weighted by atomic mass is 10.1. The summed E-state index contributed by atoms with van der Waals surface area (Å²) in [7, 11) is 0. The highest BCUT2D eigenvalue weighted by Crippen LogP contribution is 2.23. The number of nitrogens with zero attached hydrogens (tertiary/aromatic N) is 2. The van der Waals surface area contributed by atoms with E-state index in [0.717, 1.165) is 11.3 Å². The van der Waals surface area contributed by atoms with Crippen LogP contribution in [-0.4, -0.2) is 9.38 Å². The Labute approximate surface area is 101 Å². The Kier molecular flexibility index (Phi) is 2.22. The molecule has 0 N–H and O–H groups in total. The number of fused-ring (bicyclic) bond motifs is 1. The van der Waals surface area contributed by atoms with Crippen LogP contribution >= 0.6 is 0 Å². The minimum atomic E-state index is 1.02. The second-order valence-electron chi connectivity index (χ2n) is 4.40. The molecule has 1 aromatic carbocycles. The van der Waals surface area contributed by atoms with Crippen LogP contribution < -0.4 is 0 Å². The molecule has 0 fully saturated rings. The maximum atomic E-state index is 4.53. The molecular formula is C15H14N2. The van der Waals surface area contributed by atoms with Gasteiger partial charge in [0.15, 0.2) is 0 Å². The Balaban J connectivity index is 2.31. The Morgan fingerprint density at radius 3 is 2.65 bits per heavy atom. The van der Waals surface area contributed by atoms with Gasteiger partial charge in [0.05, 0.1) is 11.7 Å². The Bertz CT molecular complexity index is 680. The summed E-state index contributed by atoms with van der Waals surface area (Å²) in [4.78, 5) is 4.53. The fourth-order valence-corrected chi connectivity index (χ4v) is 2.12. The minimum Gasteiger partial charge on any atom is -0.300 e. The van der Waals surface area contributed by atoms with Crippen molar-refractivity contribution in [3.05, 3.63) is 59.9 Å². The summed E-state index contributed by atoms with van der Waals surface area (Å²) in [5, 5.41) is 0. The fraction of sp³-hybridized carbons (Fsp3) is 0.133. The van der Waals surface area contributed by atoms with Crippen LogP contribution in [0.1, 0.15) is 11.1 Å². The average Bonchev–Trinajstić information content (AvgIpc) is 2.72. The van der Waals surface area contributed by atoms with E-state index in [9.17, 15) is 0 Å². The number of hydrogen-bond acceptors (Lipinski definition) is 1. The molecule has 17 heavy (non-hydrogen) atoms. The van der Waals surface area contributed by atoms with Gasteiger partial charge in [-0.3, -0.25) is 4.40 Å². The van der Waals surface area contributed by atoms with Gasteiger partial charge in [-0.25, -0.2) is 4.98 Å². The van der Waals surface area contributed by atoms with E-state index in [1.807, 2.05) is 6.20 Å². The Hall–Kier alpha value is -2.09. The normalized spacial score (nSPS) is 10.9. The van der Waals surface area contributed by atoms with Crippen LogP contribution in [0.5, 0.6) is 0 Å². The maximum Gasteiger partial charge on any atom is 0.144 e. The first-order valence-corrected chi connectivity index (χ1v) is 5.75. The molecule has 2 heterocycles. The molecule has 3 rings (SSSR count). The van der Waals surface area contributed by atoms with Crippen molar-refractivity contribution in [2.75, 3.05) is 0 Å². The number of rotatable bonds is 1. The van der Waals surface area contributed by atoms with Gasteiger partial charge in [0.2, 0.25) is 0 Å².